The van der Waals surface area contributed by atoms with Crippen molar-refractivity contribution >= 4 is 18.3 Å². The van der Waals surface area contributed by atoms with Crippen LogP contribution >= 0.6 is 12.4 Å². The van der Waals surface area contributed by atoms with Crippen molar-refractivity contribution in [3.63, 3.8) is 0 Å². The van der Waals surface area contributed by atoms with Crippen molar-refractivity contribution in [3.8, 4) is 16.9 Å². The van der Waals surface area contributed by atoms with Crippen LogP contribution in [0.3, 0.4) is 0 Å². The molecule has 5 heteroatoms. The molecule has 0 aliphatic carbocycles. The van der Waals surface area contributed by atoms with E-state index in [1.54, 1.807) is 0 Å². The molecule has 0 radical (unpaired) electrons. The first-order chi connectivity index (χ1) is 11.8. The lowest BCUT2D eigenvalue weighted by molar-refractivity contribution is -0.123. The Bertz CT molecular complexity index is 658. The second-order valence-corrected chi connectivity index (χ2v) is 6.00. The summed E-state index contributed by atoms with van der Waals surface area (Å²) in [6.45, 7) is 1.90. The summed E-state index contributed by atoms with van der Waals surface area (Å²) in [7, 11) is 0. The van der Waals surface area contributed by atoms with Crippen LogP contribution in [0, 0.1) is 0 Å². The number of piperidine rings is 1. The summed E-state index contributed by atoms with van der Waals surface area (Å²) in [5.41, 5.74) is 2.20. The molecule has 1 unspecified atom stereocenters. The van der Waals surface area contributed by atoms with Crippen molar-refractivity contribution in [2.45, 2.75) is 25.3 Å². The zero-order valence-electron chi connectivity index (χ0n) is 14.2. The minimum atomic E-state index is -0.0460. The second kappa shape index (κ2) is 10.1. The van der Waals surface area contributed by atoms with E-state index in [0.29, 0.717) is 13.2 Å². The standard InChI is InChI=1S/C20H24N2O2.ClH/c23-20(18-11-6-7-13-21-18)22-14-15-24-19-12-5-4-10-17(19)16-8-2-1-3-9-16;/h1-5,8-10,12,18,21H,6-7,11,13-15H2,(H,22,23);1H. The molecule has 3 rings (SSSR count). The van der Waals surface area contributed by atoms with Crippen molar-refractivity contribution in [2.75, 3.05) is 19.7 Å². The Hall–Kier alpha value is -2.04. The van der Waals surface area contributed by atoms with E-state index in [1.165, 1.54) is 0 Å². The molecular formula is C20H25ClN2O2. The molecule has 1 aliphatic rings. The van der Waals surface area contributed by atoms with Crippen LogP contribution in [-0.4, -0.2) is 31.6 Å². The number of halogens is 1. The minimum absolute atomic E-state index is 0. The third-order valence-corrected chi connectivity index (χ3v) is 4.26. The number of ether oxygens (including phenoxy) is 1. The summed E-state index contributed by atoms with van der Waals surface area (Å²) in [4.78, 5) is 12.1. The third-order valence-electron chi connectivity index (χ3n) is 4.26. The number of rotatable bonds is 6. The van der Waals surface area contributed by atoms with Gasteiger partial charge in [-0.2, -0.15) is 0 Å². The number of hydrogen-bond acceptors (Lipinski definition) is 3. The van der Waals surface area contributed by atoms with Crippen LogP contribution in [0.15, 0.2) is 54.6 Å². The Morgan fingerprint density at radius 2 is 1.84 bits per heavy atom. The maximum Gasteiger partial charge on any atom is 0.237 e. The molecule has 134 valence electrons. The van der Waals surface area contributed by atoms with Gasteiger partial charge in [-0.3, -0.25) is 4.79 Å². The van der Waals surface area contributed by atoms with Gasteiger partial charge >= 0.3 is 0 Å². The lowest BCUT2D eigenvalue weighted by atomic mass is 10.0. The summed E-state index contributed by atoms with van der Waals surface area (Å²) in [6.07, 6.45) is 3.19. The Morgan fingerprint density at radius 1 is 1.08 bits per heavy atom. The van der Waals surface area contributed by atoms with Crippen LogP contribution in [0.4, 0.5) is 0 Å². The van der Waals surface area contributed by atoms with Gasteiger partial charge in [0.05, 0.1) is 12.6 Å². The van der Waals surface area contributed by atoms with Gasteiger partial charge in [0, 0.05) is 5.56 Å². The highest BCUT2D eigenvalue weighted by Crippen LogP contribution is 2.29. The number of carbonyl (C=O) groups excluding carboxylic acids is 1. The molecule has 0 bridgehead atoms. The van der Waals surface area contributed by atoms with Gasteiger partial charge in [-0.1, -0.05) is 55.0 Å². The molecule has 1 heterocycles. The van der Waals surface area contributed by atoms with Crippen molar-refractivity contribution in [3.05, 3.63) is 54.6 Å². The van der Waals surface area contributed by atoms with Gasteiger partial charge in [0.1, 0.15) is 12.4 Å². The smallest absolute Gasteiger partial charge is 0.237 e. The molecule has 0 saturated carbocycles. The number of amides is 1. The van der Waals surface area contributed by atoms with Crippen molar-refractivity contribution in [1.29, 1.82) is 0 Å². The van der Waals surface area contributed by atoms with Crippen LogP contribution in [0.25, 0.3) is 11.1 Å². The molecule has 2 aromatic rings. The molecular weight excluding hydrogens is 336 g/mol. The minimum Gasteiger partial charge on any atom is -0.491 e. The highest BCUT2D eigenvalue weighted by molar-refractivity contribution is 5.85. The monoisotopic (exact) mass is 360 g/mol. The zero-order valence-corrected chi connectivity index (χ0v) is 15.1. The summed E-state index contributed by atoms with van der Waals surface area (Å²) < 4.78 is 5.89. The summed E-state index contributed by atoms with van der Waals surface area (Å²) in [5.74, 6) is 0.920. The fourth-order valence-electron chi connectivity index (χ4n) is 2.98. The van der Waals surface area contributed by atoms with E-state index in [2.05, 4.69) is 28.8 Å². The number of para-hydroxylation sites is 1. The van der Waals surface area contributed by atoms with E-state index in [0.717, 1.165) is 42.7 Å². The molecule has 4 nitrogen and oxygen atoms in total. The number of benzene rings is 2. The number of carbonyl (C=O) groups is 1. The zero-order chi connectivity index (χ0) is 16.6. The molecule has 2 N–H and O–H groups in total. The summed E-state index contributed by atoms with van der Waals surface area (Å²) in [6, 6.07) is 18.1. The maximum absolute atomic E-state index is 12.1. The van der Waals surface area contributed by atoms with Gasteiger partial charge in [-0.25, -0.2) is 0 Å². The normalized spacial score (nSPS) is 16.6. The molecule has 1 atom stereocenters. The van der Waals surface area contributed by atoms with Gasteiger partial charge in [-0.15, -0.1) is 12.4 Å². The first kappa shape index (κ1) is 19.3. The van der Waals surface area contributed by atoms with Gasteiger partial charge in [0.25, 0.3) is 0 Å². The van der Waals surface area contributed by atoms with E-state index in [1.807, 2.05) is 36.4 Å². The highest BCUT2D eigenvalue weighted by Gasteiger charge is 2.19. The van der Waals surface area contributed by atoms with Crippen LogP contribution in [0.1, 0.15) is 19.3 Å². The van der Waals surface area contributed by atoms with Gasteiger partial charge in [0.15, 0.2) is 0 Å². The summed E-state index contributed by atoms with van der Waals surface area (Å²) in [5, 5.41) is 6.21. The SMILES string of the molecule is Cl.O=C(NCCOc1ccccc1-c1ccccc1)C1CCCCN1. The molecule has 2 aromatic carbocycles. The Balaban J connectivity index is 0.00000225. The van der Waals surface area contributed by atoms with Crippen LogP contribution < -0.4 is 15.4 Å². The van der Waals surface area contributed by atoms with Crippen molar-refractivity contribution < 1.29 is 9.53 Å². The van der Waals surface area contributed by atoms with Crippen LogP contribution in [0.5, 0.6) is 5.75 Å². The lowest BCUT2D eigenvalue weighted by Crippen LogP contribution is -2.47. The average Bonchev–Trinajstić information content (AvgIpc) is 2.67. The van der Waals surface area contributed by atoms with Gasteiger partial charge in [0.2, 0.25) is 5.91 Å². The maximum atomic E-state index is 12.1. The van der Waals surface area contributed by atoms with Gasteiger partial charge < -0.3 is 15.4 Å². The van der Waals surface area contributed by atoms with Crippen LogP contribution in [-0.2, 0) is 4.79 Å². The number of nitrogens with one attached hydrogen (secondary N) is 2. The highest BCUT2D eigenvalue weighted by atomic mass is 35.5. The fourth-order valence-corrected chi connectivity index (χ4v) is 2.98. The molecule has 0 aromatic heterocycles. The molecule has 1 saturated heterocycles. The topological polar surface area (TPSA) is 50.4 Å². The Labute approximate surface area is 155 Å². The van der Waals surface area contributed by atoms with Crippen LogP contribution in [0.2, 0.25) is 0 Å². The van der Waals surface area contributed by atoms with E-state index in [9.17, 15) is 4.79 Å². The Kier molecular flexibility index (Phi) is 7.76. The first-order valence-electron chi connectivity index (χ1n) is 8.63. The van der Waals surface area contributed by atoms with Gasteiger partial charge in [-0.05, 0) is 31.0 Å². The molecule has 1 amide bonds. The van der Waals surface area contributed by atoms with Crippen molar-refractivity contribution in [1.82, 2.24) is 10.6 Å². The lowest BCUT2D eigenvalue weighted by Gasteiger charge is -2.22. The molecule has 25 heavy (non-hydrogen) atoms. The molecule has 0 spiro atoms. The first-order valence-corrected chi connectivity index (χ1v) is 8.63. The van der Waals surface area contributed by atoms with Crippen molar-refractivity contribution in [2.24, 2.45) is 0 Å². The predicted molar refractivity (Wildman–Crippen MR) is 103 cm³/mol. The van der Waals surface area contributed by atoms with E-state index in [-0.39, 0.29) is 24.4 Å². The van der Waals surface area contributed by atoms with E-state index < -0.39 is 0 Å². The fraction of sp³-hybridized carbons (Fsp3) is 0.350. The largest absolute Gasteiger partial charge is 0.491 e. The number of hydrogen-bond donors (Lipinski definition) is 2. The average molecular weight is 361 g/mol. The second-order valence-electron chi connectivity index (χ2n) is 6.00. The quantitative estimate of drug-likeness (QED) is 0.776. The molecule has 1 aliphatic heterocycles. The predicted octanol–water partition coefficient (Wildman–Crippen LogP) is 3.41. The molecule has 1 fully saturated rings. The van der Waals surface area contributed by atoms with E-state index in [4.69, 9.17) is 4.74 Å². The summed E-state index contributed by atoms with van der Waals surface area (Å²) >= 11 is 0. The third kappa shape index (κ3) is 5.48. The Morgan fingerprint density at radius 3 is 2.60 bits per heavy atom. The van der Waals surface area contributed by atoms with E-state index >= 15 is 0 Å².